The Morgan fingerprint density at radius 3 is 2.61 bits per heavy atom. The Bertz CT molecular complexity index is 760. The van der Waals surface area contributed by atoms with Crippen LogP contribution in [0.4, 0.5) is 0 Å². The van der Waals surface area contributed by atoms with Crippen LogP contribution in [0.5, 0.6) is 5.75 Å². The molecule has 0 radical (unpaired) electrons. The molecule has 0 aromatic heterocycles. The van der Waals surface area contributed by atoms with Crippen molar-refractivity contribution in [3.63, 3.8) is 0 Å². The summed E-state index contributed by atoms with van der Waals surface area (Å²) in [6, 6.07) is 15.4. The molecule has 3 rings (SSSR count). The van der Waals surface area contributed by atoms with Crippen molar-refractivity contribution in [1.82, 2.24) is 5.32 Å². The second-order valence-corrected chi connectivity index (χ2v) is 6.50. The molecule has 0 amide bonds. The minimum absolute atomic E-state index is 0.000398. The summed E-state index contributed by atoms with van der Waals surface area (Å²) in [5.41, 5.74) is 3.71. The molecule has 1 heterocycles. The topological polar surface area (TPSA) is 38.3 Å². The number of allylic oxidation sites excluding steroid dienone is 1. The number of fused-ring (bicyclic) bond motifs is 1. The van der Waals surface area contributed by atoms with Crippen LogP contribution in [0.1, 0.15) is 35.3 Å². The Labute approximate surface area is 137 Å². The van der Waals surface area contributed by atoms with Crippen LogP contribution in [0.25, 0.3) is 5.70 Å². The highest BCUT2D eigenvalue weighted by Gasteiger charge is 2.28. The third kappa shape index (κ3) is 3.29. The Morgan fingerprint density at radius 2 is 1.91 bits per heavy atom. The molecule has 0 fully saturated rings. The first-order valence-electron chi connectivity index (χ1n) is 7.75. The lowest BCUT2D eigenvalue weighted by atomic mass is 9.85. The molecule has 2 aromatic rings. The van der Waals surface area contributed by atoms with Crippen LogP contribution in [0, 0.1) is 0 Å². The molecule has 0 bridgehead atoms. The number of methoxy groups -OCH3 is 1. The van der Waals surface area contributed by atoms with Gasteiger partial charge in [-0.3, -0.25) is 4.79 Å². The van der Waals surface area contributed by atoms with Gasteiger partial charge in [0.2, 0.25) is 0 Å². The highest BCUT2D eigenvalue weighted by atomic mass is 16.5. The monoisotopic (exact) mass is 307 g/mol. The lowest BCUT2D eigenvalue weighted by Gasteiger charge is -2.35. The van der Waals surface area contributed by atoms with Crippen LogP contribution in [0.15, 0.2) is 54.6 Å². The SMILES string of the molecule is COc1ccc2c(c1)/C(=C/C(=O)c1ccccc1)NC(C)(C)C2. The summed E-state index contributed by atoms with van der Waals surface area (Å²) in [5, 5.41) is 3.49. The summed E-state index contributed by atoms with van der Waals surface area (Å²) in [6.45, 7) is 4.28. The van der Waals surface area contributed by atoms with Gasteiger partial charge in [0.15, 0.2) is 5.78 Å². The molecular formula is C20H21NO2. The van der Waals surface area contributed by atoms with Crippen LogP contribution in [-0.4, -0.2) is 18.4 Å². The van der Waals surface area contributed by atoms with Crippen molar-refractivity contribution in [3.05, 3.63) is 71.3 Å². The van der Waals surface area contributed by atoms with Crippen molar-refractivity contribution in [2.24, 2.45) is 0 Å². The maximum atomic E-state index is 12.5. The molecule has 1 aliphatic heterocycles. The molecule has 0 atom stereocenters. The second kappa shape index (κ2) is 5.92. The van der Waals surface area contributed by atoms with Gasteiger partial charge in [-0.25, -0.2) is 0 Å². The van der Waals surface area contributed by atoms with Crippen LogP contribution in [-0.2, 0) is 6.42 Å². The minimum Gasteiger partial charge on any atom is -0.497 e. The van der Waals surface area contributed by atoms with Gasteiger partial charge in [-0.05, 0) is 38.0 Å². The maximum absolute atomic E-state index is 12.5. The quantitative estimate of drug-likeness (QED) is 0.691. The summed E-state index contributed by atoms with van der Waals surface area (Å²) in [5.74, 6) is 0.794. The Balaban J connectivity index is 2.05. The molecule has 2 aromatic carbocycles. The molecular weight excluding hydrogens is 286 g/mol. The number of carbonyl (C=O) groups excluding carboxylic acids is 1. The zero-order valence-corrected chi connectivity index (χ0v) is 13.7. The number of ketones is 1. The highest BCUT2D eigenvalue weighted by molar-refractivity contribution is 6.08. The van der Waals surface area contributed by atoms with Crippen LogP contribution in [0.3, 0.4) is 0 Å². The van der Waals surface area contributed by atoms with Gasteiger partial charge in [-0.1, -0.05) is 36.4 Å². The first-order valence-corrected chi connectivity index (χ1v) is 7.75. The van der Waals surface area contributed by atoms with Crippen molar-refractivity contribution in [1.29, 1.82) is 0 Å². The van der Waals surface area contributed by atoms with E-state index in [2.05, 4.69) is 25.2 Å². The van der Waals surface area contributed by atoms with E-state index in [9.17, 15) is 4.79 Å². The first kappa shape index (κ1) is 15.3. The van der Waals surface area contributed by atoms with E-state index < -0.39 is 0 Å². The summed E-state index contributed by atoms with van der Waals surface area (Å²) in [4.78, 5) is 12.5. The number of carbonyl (C=O) groups is 1. The Hall–Kier alpha value is -2.55. The summed E-state index contributed by atoms with van der Waals surface area (Å²) < 4.78 is 5.33. The molecule has 1 N–H and O–H groups in total. The van der Waals surface area contributed by atoms with Gasteiger partial charge in [0.1, 0.15) is 5.75 Å². The maximum Gasteiger partial charge on any atom is 0.187 e. The van der Waals surface area contributed by atoms with Gasteiger partial charge in [0.05, 0.1) is 7.11 Å². The molecule has 3 heteroatoms. The average Bonchev–Trinajstić information content (AvgIpc) is 2.54. The fourth-order valence-corrected chi connectivity index (χ4v) is 2.97. The number of rotatable bonds is 3. The largest absolute Gasteiger partial charge is 0.497 e. The van der Waals surface area contributed by atoms with Crippen molar-refractivity contribution in [3.8, 4) is 5.75 Å². The van der Waals surface area contributed by atoms with Crippen molar-refractivity contribution >= 4 is 11.5 Å². The Kier molecular flexibility index (Phi) is 3.95. The molecule has 0 spiro atoms. The highest BCUT2D eigenvalue weighted by Crippen LogP contribution is 2.32. The predicted molar refractivity (Wildman–Crippen MR) is 92.7 cm³/mol. The normalized spacial score (nSPS) is 17.3. The lowest BCUT2D eigenvalue weighted by molar-refractivity contribution is 0.104. The van der Waals surface area contributed by atoms with Gasteiger partial charge >= 0.3 is 0 Å². The average molecular weight is 307 g/mol. The third-order valence-corrected chi connectivity index (χ3v) is 4.05. The van der Waals surface area contributed by atoms with Crippen molar-refractivity contribution < 1.29 is 9.53 Å². The summed E-state index contributed by atoms with van der Waals surface area (Å²) in [7, 11) is 1.65. The number of benzene rings is 2. The van der Waals surface area contributed by atoms with E-state index in [-0.39, 0.29) is 11.3 Å². The number of nitrogens with one attached hydrogen (secondary N) is 1. The van der Waals surface area contributed by atoms with Crippen LogP contribution < -0.4 is 10.1 Å². The zero-order chi connectivity index (χ0) is 16.4. The summed E-state index contributed by atoms with van der Waals surface area (Å²) in [6.07, 6.45) is 2.59. The third-order valence-electron chi connectivity index (χ3n) is 4.05. The molecule has 23 heavy (non-hydrogen) atoms. The van der Waals surface area contributed by atoms with Gasteiger partial charge in [-0.15, -0.1) is 0 Å². The van der Waals surface area contributed by atoms with E-state index in [1.165, 1.54) is 5.56 Å². The van der Waals surface area contributed by atoms with Gasteiger partial charge < -0.3 is 10.1 Å². The fraction of sp³-hybridized carbons (Fsp3) is 0.250. The number of hydrogen-bond acceptors (Lipinski definition) is 3. The van der Waals surface area contributed by atoms with E-state index in [0.717, 1.165) is 23.4 Å². The molecule has 0 saturated carbocycles. The lowest BCUT2D eigenvalue weighted by Crippen LogP contribution is -2.43. The molecule has 0 saturated heterocycles. The second-order valence-electron chi connectivity index (χ2n) is 6.50. The molecule has 118 valence electrons. The van der Waals surface area contributed by atoms with E-state index in [1.807, 2.05) is 42.5 Å². The molecule has 3 nitrogen and oxygen atoms in total. The minimum atomic E-state index is -0.0929. The standard InChI is InChI=1S/C20H21NO2/c1-20(2)13-15-9-10-16(23-3)11-17(15)18(21-20)12-19(22)14-7-5-4-6-8-14/h4-12,21H,13H2,1-3H3/b18-12-. The molecule has 1 aliphatic rings. The first-order chi connectivity index (χ1) is 11.0. The molecule has 0 aliphatic carbocycles. The van der Waals surface area contributed by atoms with Gasteiger partial charge in [-0.2, -0.15) is 0 Å². The molecule has 0 unspecified atom stereocenters. The van der Waals surface area contributed by atoms with E-state index >= 15 is 0 Å². The zero-order valence-electron chi connectivity index (χ0n) is 13.7. The smallest absolute Gasteiger partial charge is 0.187 e. The number of ether oxygens (including phenoxy) is 1. The van der Waals surface area contributed by atoms with E-state index in [4.69, 9.17) is 4.74 Å². The van der Waals surface area contributed by atoms with Crippen LogP contribution >= 0.6 is 0 Å². The summed E-state index contributed by atoms with van der Waals surface area (Å²) >= 11 is 0. The van der Waals surface area contributed by atoms with E-state index in [1.54, 1.807) is 13.2 Å². The van der Waals surface area contributed by atoms with Crippen molar-refractivity contribution in [2.75, 3.05) is 7.11 Å². The van der Waals surface area contributed by atoms with Crippen LogP contribution in [0.2, 0.25) is 0 Å². The number of hydrogen-bond donors (Lipinski definition) is 1. The van der Waals surface area contributed by atoms with Crippen molar-refractivity contribution in [2.45, 2.75) is 25.8 Å². The van der Waals surface area contributed by atoms with Gasteiger partial charge in [0.25, 0.3) is 0 Å². The Morgan fingerprint density at radius 1 is 1.17 bits per heavy atom. The van der Waals surface area contributed by atoms with Gasteiger partial charge in [0, 0.05) is 28.4 Å². The fourth-order valence-electron chi connectivity index (χ4n) is 2.97. The van der Waals surface area contributed by atoms with E-state index in [0.29, 0.717) is 5.56 Å². The predicted octanol–water partition coefficient (Wildman–Crippen LogP) is 3.84.